The van der Waals surface area contributed by atoms with E-state index in [1.807, 2.05) is 6.07 Å². The van der Waals surface area contributed by atoms with Gasteiger partial charge in [0.25, 0.3) is 0 Å². The zero-order valence-corrected chi connectivity index (χ0v) is 34.3. The molecule has 0 radical (unpaired) electrons. The van der Waals surface area contributed by atoms with Crippen molar-refractivity contribution in [3.8, 4) is 12.1 Å². The maximum Gasteiger partial charge on any atom is 0.472 e. The number of ether oxygens (including phenoxy) is 3. The van der Waals surface area contributed by atoms with Crippen LogP contribution in [0, 0.1) is 22.7 Å². The summed E-state index contributed by atoms with van der Waals surface area (Å²) in [6.07, 6.45) is 19.4. The van der Waals surface area contributed by atoms with E-state index in [4.69, 9.17) is 34.3 Å². The molecule has 0 aromatic carbocycles. The first-order valence-electron chi connectivity index (χ1n) is 20.0. The quantitative estimate of drug-likeness (QED) is 0.0400. The van der Waals surface area contributed by atoms with Gasteiger partial charge in [0.05, 0.1) is 43.6 Å². The third kappa shape index (κ3) is 16.6. The summed E-state index contributed by atoms with van der Waals surface area (Å²) < 4.78 is 41.6. The number of nitriles is 2. The van der Waals surface area contributed by atoms with Crippen molar-refractivity contribution in [2.45, 2.75) is 140 Å². The summed E-state index contributed by atoms with van der Waals surface area (Å²) in [6, 6.07) is 6.58. The molecule has 5 N–H and O–H groups in total. The monoisotopic (exact) mass is 816 g/mol. The summed E-state index contributed by atoms with van der Waals surface area (Å²) in [7, 11) is -3.82. The molecule has 3 aromatic heterocycles. The Hall–Kier alpha value is -3.61. The number of phosphoric acid groups is 1. The Morgan fingerprint density at radius 3 is 2.07 bits per heavy atom. The van der Waals surface area contributed by atoms with Gasteiger partial charge in [-0.1, -0.05) is 103 Å². The average Bonchev–Trinajstić information content (AvgIpc) is 3.67. The van der Waals surface area contributed by atoms with E-state index < -0.39 is 44.9 Å². The van der Waals surface area contributed by atoms with Crippen LogP contribution in [0.1, 0.15) is 133 Å². The van der Waals surface area contributed by atoms with Crippen molar-refractivity contribution in [3.63, 3.8) is 0 Å². The Labute approximate surface area is 336 Å². The number of unbranched alkanes of at least 4 members (excludes halogenated alkanes) is 15. The van der Waals surface area contributed by atoms with Crippen molar-refractivity contribution in [1.82, 2.24) is 24.6 Å². The Kier molecular flexibility index (Phi) is 22.1. The van der Waals surface area contributed by atoms with E-state index in [0.29, 0.717) is 17.8 Å². The van der Waals surface area contributed by atoms with Crippen molar-refractivity contribution < 1.29 is 42.9 Å². The van der Waals surface area contributed by atoms with Crippen molar-refractivity contribution in [2.75, 3.05) is 39.3 Å². The van der Waals surface area contributed by atoms with E-state index in [2.05, 4.69) is 27.0 Å². The molecule has 2 unspecified atom stereocenters. The number of aliphatic hydroxyl groups is 2. The number of rotatable bonds is 32. The number of phosphoric ester groups is 1. The van der Waals surface area contributed by atoms with Crippen molar-refractivity contribution in [1.29, 1.82) is 10.5 Å². The maximum absolute atomic E-state index is 13.0. The molecule has 57 heavy (non-hydrogen) atoms. The molecule has 0 fully saturated rings. The lowest BCUT2D eigenvalue weighted by atomic mass is 9.93. The SMILES string of the molecule is CCCCCCCCCCCCCCCCCCOC[C@@H](COP(=O)(O)OCC(C#N)(OC)[C@@H](O)[C@@H](O)c1ccc2c(N)ncnn12)OCc1cnc(C#N)cn1. The van der Waals surface area contributed by atoms with Crippen LogP contribution in [0.3, 0.4) is 0 Å². The smallest absolute Gasteiger partial charge is 0.386 e. The van der Waals surface area contributed by atoms with Crippen molar-refractivity contribution >= 4 is 19.2 Å². The van der Waals surface area contributed by atoms with Crippen LogP contribution in [-0.2, 0) is 34.4 Å². The highest BCUT2D eigenvalue weighted by molar-refractivity contribution is 7.47. The minimum absolute atomic E-state index is 0.0207. The molecule has 0 amide bonds. The van der Waals surface area contributed by atoms with E-state index in [0.717, 1.165) is 32.7 Å². The first-order valence-corrected chi connectivity index (χ1v) is 21.5. The summed E-state index contributed by atoms with van der Waals surface area (Å²) in [5.74, 6) is 0.121. The Bertz CT molecular complexity index is 1700. The average molecular weight is 817 g/mol. The number of anilines is 1. The number of nitrogen functional groups attached to an aromatic ring is 1. The van der Waals surface area contributed by atoms with Gasteiger partial charge in [0, 0.05) is 13.7 Å². The second-order valence-corrected chi connectivity index (χ2v) is 15.6. The van der Waals surface area contributed by atoms with Gasteiger partial charge in [0.2, 0.25) is 5.60 Å². The van der Waals surface area contributed by atoms with E-state index in [-0.39, 0.29) is 30.4 Å². The van der Waals surface area contributed by atoms with Gasteiger partial charge < -0.3 is 35.1 Å². The Morgan fingerprint density at radius 1 is 0.877 bits per heavy atom. The van der Waals surface area contributed by atoms with Gasteiger partial charge in [-0.25, -0.2) is 19.0 Å². The van der Waals surface area contributed by atoms with Crippen LogP contribution in [0.2, 0.25) is 0 Å². The number of hydrogen-bond acceptors (Lipinski definition) is 15. The topological polar surface area (TPSA) is 253 Å². The Balaban J connectivity index is 1.43. The standard InChI is InChI=1S/C39H61N8O9P/c1-3-4-5-6-7-8-9-10-11-12-13-14-15-16-17-18-21-53-26-33(54-25-32-24-43-31(22-40)23-44-32)27-55-57(50,51)56-29-39(28-41,52-2)37(49)36(48)34-19-20-35-38(42)45-30-46-47(34)35/h19-20,23-24,30,33,36-37,48-49H,3-18,21,25-27,29H2,1-2H3,(H,50,51)(H2,42,45,46)/t33-,36-,37-,39?/m0/s1. The van der Waals surface area contributed by atoms with Gasteiger partial charge in [0.15, 0.2) is 11.5 Å². The molecule has 0 aliphatic heterocycles. The lowest BCUT2D eigenvalue weighted by Crippen LogP contribution is -2.50. The number of hydrogen-bond donors (Lipinski definition) is 4. The first-order chi connectivity index (χ1) is 27.6. The molecule has 0 saturated carbocycles. The number of nitrogens with two attached hydrogens (primary N) is 1. The van der Waals surface area contributed by atoms with Gasteiger partial charge in [-0.15, -0.1) is 0 Å². The normalized spacial score (nSPS) is 15.4. The molecule has 0 spiro atoms. The second kappa shape index (κ2) is 26.4. The van der Waals surface area contributed by atoms with Crippen LogP contribution in [0.5, 0.6) is 0 Å². The summed E-state index contributed by atoms with van der Waals surface area (Å²) in [5.41, 5.74) is 4.50. The summed E-state index contributed by atoms with van der Waals surface area (Å²) in [4.78, 5) is 22.6. The lowest BCUT2D eigenvalue weighted by Gasteiger charge is -2.33. The molecule has 3 rings (SSSR count). The van der Waals surface area contributed by atoms with E-state index in [1.165, 1.54) is 113 Å². The molecule has 3 aromatic rings. The van der Waals surface area contributed by atoms with Crippen molar-refractivity contribution in [3.05, 3.63) is 47.9 Å². The van der Waals surface area contributed by atoms with Gasteiger partial charge in [-0.2, -0.15) is 15.6 Å². The minimum Gasteiger partial charge on any atom is -0.386 e. The molecule has 0 aliphatic rings. The molecular weight excluding hydrogens is 755 g/mol. The van der Waals surface area contributed by atoms with Crippen LogP contribution in [0.4, 0.5) is 5.82 Å². The lowest BCUT2D eigenvalue weighted by molar-refractivity contribution is -0.134. The third-order valence-corrected chi connectivity index (χ3v) is 10.7. The molecule has 0 bridgehead atoms. The van der Waals surface area contributed by atoms with E-state index in [1.54, 1.807) is 6.07 Å². The summed E-state index contributed by atoms with van der Waals surface area (Å²) in [5, 5.41) is 45.1. The molecule has 3 heterocycles. The minimum atomic E-state index is -4.90. The third-order valence-electron chi connectivity index (χ3n) is 9.74. The highest BCUT2D eigenvalue weighted by Crippen LogP contribution is 2.45. The fourth-order valence-electron chi connectivity index (χ4n) is 6.22. The largest absolute Gasteiger partial charge is 0.472 e. The first kappa shape index (κ1) is 47.8. The highest BCUT2D eigenvalue weighted by Gasteiger charge is 2.46. The molecule has 17 nitrogen and oxygen atoms in total. The van der Waals surface area contributed by atoms with Crippen LogP contribution in [0.25, 0.3) is 5.52 Å². The van der Waals surface area contributed by atoms with Crippen LogP contribution >= 0.6 is 7.82 Å². The number of methoxy groups -OCH3 is 1. The van der Waals surface area contributed by atoms with Gasteiger partial charge in [-0.3, -0.25) is 14.0 Å². The summed E-state index contributed by atoms with van der Waals surface area (Å²) in [6.45, 7) is 1.26. The van der Waals surface area contributed by atoms with Crippen LogP contribution < -0.4 is 5.73 Å². The molecule has 316 valence electrons. The van der Waals surface area contributed by atoms with Crippen molar-refractivity contribution in [2.24, 2.45) is 0 Å². The Morgan fingerprint density at radius 2 is 1.51 bits per heavy atom. The number of aromatic nitrogens is 5. The maximum atomic E-state index is 13.0. The van der Waals surface area contributed by atoms with Crippen LogP contribution in [-0.4, -0.2) is 91.0 Å². The highest BCUT2D eigenvalue weighted by atomic mass is 31.2. The fourth-order valence-corrected chi connectivity index (χ4v) is 7.00. The predicted octanol–water partition coefficient (Wildman–Crippen LogP) is 6.27. The molecule has 18 heteroatoms. The summed E-state index contributed by atoms with van der Waals surface area (Å²) >= 11 is 0. The fraction of sp³-hybridized carbons (Fsp3) is 0.692. The number of aliphatic hydroxyl groups excluding tert-OH is 2. The molecule has 0 aliphatic carbocycles. The predicted molar refractivity (Wildman–Crippen MR) is 211 cm³/mol. The zero-order chi connectivity index (χ0) is 41.4. The van der Waals surface area contributed by atoms with Crippen LogP contribution in [0.15, 0.2) is 30.9 Å². The molecular formula is C39H61N8O9P. The van der Waals surface area contributed by atoms with Gasteiger partial charge in [0.1, 0.15) is 48.9 Å². The molecule has 5 atom stereocenters. The number of nitrogens with zero attached hydrogens (tertiary/aromatic N) is 7. The van der Waals surface area contributed by atoms with Gasteiger partial charge >= 0.3 is 7.82 Å². The molecule has 0 saturated heterocycles. The second-order valence-electron chi connectivity index (χ2n) is 14.1. The zero-order valence-electron chi connectivity index (χ0n) is 33.4. The van der Waals surface area contributed by atoms with E-state index >= 15 is 0 Å². The number of fused-ring (bicyclic) bond motifs is 1. The van der Waals surface area contributed by atoms with E-state index in [9.17, 15) is 24.9 Å². The van der Waals surface area contributed by atoms with Gasteiger partial charge in [-0.05, 0) is 18.6 Å².